The van der Waals surface area contributed by atoms with Gasteiger partial charge in [-0.25, -0.2) is 8.42 Å². The predicted octanol–water partition coefficient (Wildman–Crippen LogP) is 3.53. The van der Waals surface area contributed by atoms with Gasteiger partial charge in [-0.1, -0.05) is 35.2 Å². The third kappa shape index (κ3) is 3.63. The van der Waals surface area contributed by atoms with Gasteiger partial charge in [0.25, 0.3) is 0 Å². The number of benzene rings is 1. The Balaban J connectivity index is 2.21. The first-order valence-corrected chi connectivity index (χ1v) is 8.72. The van der Waals surface area contributed by atoms with E-state index in [1.165, 1.54) is 7.11 Å². The first kappa shape index (κ1) is 14.7. The number of ether oxygens (including phenoxy) is 1. The van der Waals surface area contributed by atoms with Crippen LogP contribution in [0, 0.1) is 0 Å². The van der Waals surface area contributed by atoms with Crippen LogP contribution in [0.25, 0.3) is 0 Å². The molecule has 0 aromatic heterocycles. The molecule has 19 heavy (non-hydrogen) atoms. The van der Waals surface area contributed by atoms with Crippen molar-refractivity contribution in [3.05, 3.63) is 22.7 Å². The lowest BCUT2D eigenvalue weighted by Crippen LogP contribution is -2.29. The summed E-state index contributed by atoms with van der Waals surface area (Å²) >= 11 is 3.34. The highest BCUT2D eigenvalue weighted by Gasteiger charge is 2.27. The molecule has 0 radical (unpaired) electrons. The van der Waals surface area contributed by atoms with Crippen LogP contribution in [0.5, 0.6) is 5.75 Å². The van der Waals surface area contributed by atoms with Gasteiger partial charge in [-0.3, -0.25) is 4.72 Å². The van der Waals surface area contributed by atoms with E-state index in [9.17, 15) is 8.42 Å². The Morgan fingerprint density at radius 2 is 1.95 bits per heavy atom. The van der Waals surface area contributed by atoms with E-state index in [1.807, 2.05) is 6.07 Å². The minimum Gasteiger partial charge on any atom is -0.495 e. The predicted molar refractivity (Wildman–Crippen MR) is 80.1 cm³/mol. The van der Waals surface area contributed by atoms with Crippen molar-refractivity contribution in [2.24, 2.45) is 0 Å². The normalized spacial score (nSPS) is 17.2. The summed E-state index contributed by atoms with van der Waals surface area (Å²) in [5.41, 5.74) is 0.488. The summed E-state index contributed by atoms with van der Waals surface area (Å²) in [4.78, 5) is 0. The van der Waals surface area contributed by atoms with Crippen LogP contribution in [0.3, 0.4) is 0 Å². The van der Waals surface area contributed by atoms with Crippen molar-refractivity contribution in [1.82, 2.24) is 0 Å². The van der Waals surface area contributed by atoms with Gasteiger partial charge < -0.3 is 4.74 Å². The third-order valence-corrected chi connectivity index (χ3v) is 5.75. The van der Waals surface area contributed by atoms with Gasteiger partial charge >= 0.3 is 0 Å². The van der Waals surface area contributed by atoms with Gasteiger partial charge in [-0.2, -0.15) is 0 Å². The molecule has 0 atom stereocenters. The number of anilines is 1. The van der Waals surface area contributed by atoms with Gasteiger partial charge in [-0.05, 0) is 31.0 Å². The molecule has 0 spiro atoms. The summed E-state index contributed by atoms with van der Waals surface area (Å²) in [6.45, 7) is 0. The fourth-order valence-electron chi connectivity index (χ4n) is 2.37. The zero-order valence-electron chi connectivity index (χ0n) is 10.9. The Bertz CT molecular complexity index is 539. The minimum atomic E-state index is -3.34. The van der Waals surface area contributed by atoms with Gasteiger partial charge in [0.2, 0.25) is 10.0 Å². The lowest BCUT2D eigenvalue weighted by Gasteiger charge is -2.23. The standard InChI is InChI=1S/C13H18BrNO3S/c1-18-13-8-7-10(14)9-12(13)15-19(16,17)11-5-3-2-4-6-11/h7-9,11,15H,2-6H2,1H3. The number of hydrogen-bond donors (Lipinski definition) is 1. The van der Waals surface area contributed by atoms with E-state index in [-0.39, 0.29) is 5.25 Å². The number of nitrogens with one attached hydrogen (secondary N) is 1. The van der Waals surface area contributed by atoms with Crippen LogP contribution in [0.15, 0.2) is 22.7 Å². The molecule has 1 fully saturated rings. The van der Waals surface area contributed by atoms with Crippen molar-refractivity contribution < 1.29 is 13.2 Å². The Hall–Kier alpha value is -0.750. The number of halogens is 1. The van der Waals surface area contributed by atoms with E-state index in [4.69, 9.17) is 4.74 Å². The molecular formula is C13H18BrNO3S. The molecule has 0 heterocycles. The molecule has 1 aromatic rings. The summed E-state index contributed by atoms with van der Waals surface area (Å²) in [7, 11) is -1.81. The Labute approximate surface area is 122 Å². The van der Waals surface area contributed by atoms with Crippen molar-refractivity contribution in [3.63, 3.8) is 0 Å². The fourth-order valence-corrected chi connectivity index (χ4v) is 4.32. The molecule has 0 bridgehead atoms. The Kier molecular flexibility index (Phi) is 4.73. The average molecular weight is 348 g/mol. The smallest absolute Gasteiger partial charge is 0.235 e. The van der Waals surface area contributed by atoms with Gasteiger partial charge in [0.05, 0.1) is 18.0 Å². The maximum Gasteiger partial charge on any atom is 0.235 e. The molecule has 106 valence electrons. The molecule has 1 aliphatic rings. The molecule has 0 aliphatic heterocycles. The highest BCUT2D eigenvalue weighted by atomic mass is 79.9. The SMILES string of the molecule is COc1ccc(Br)cc1NS(=O)(=O)C1CCCCC1. The van der Waals surface area contributed by atoms with Crippen molar-refractivity contribution >= 4 is 31.6 Å². The van der Waals surface area contributed by atoms with E-state index in [0.717, 1.165) is 36.6 Å². The van der Waals surface area contributed by atoms with Gasteiger partial charge in [0.15, 0.2) is 0 Å². The van der Waals surface area contributed by atoms with E-state index < -0.39 is 10.0 Å². The first-order valence-electron chi connectivity index (χ1n) is 6.38. The molecule has 0 amide bonds. The molecule has 1 saturated carbocycles. The van der Waals surface area contributed by atoms with Crippen molar-refractivity contribution in [3.8, 4) is 5.75 Å². The first-order chi connectivity index (χ1) is 9.03. The molecule has 4 nitrogen and oxygen atoms in total. The monoisotopic (exact) mass is 347 g/mol. The van der Waals surface area contributed by atoms with E-state index >= 15 is 0 Å². The van der Waals surface area contributed by atoms with Crippen LogP contribution in [-0.2, 0) is 10.0 Å². The van der Waals surface area contributed by atoms with E-state index in [1.54, 1.807) is 12.1 Å². The quantitative estimate of drug-likeness (QED) is 0.906. The van der Waals surface area contributed by atoms with Crippen molar-refractivity contribution in [2.45, 2.75) is 37.4 Å². The number of rotatable bonds is 4. The van der Waals surface area contributed by atoms with Crippen LogP contribution in [0.1, 0.15) is 32.1 Å². The second-order valence-electron chi connectivity index (χ2n) is 4.75. The Morgan fingerprint density at radius 1 is 1.26 bits per heavy atom. The molecule has 6 heteroatoms. The van der Waals surface area contributed by atoms with E-state index in [0.29, 0.717) is 11.4 Å². The number of sulfonamides is 1. The largest absolute Gasteiger partial charge is 0.495 e. The summed E-state index contributed by atoms with van der Waals surface area (Å²) in [5, 5.41) is -0.287. The molecule has 2 rings (SSSR count). The van der Waals surface area contributed by atoms with Crippen LogP contribution in [0.2, 0.25) is 0 Å². The van der Waals surface area contributed by atoms with Gasteiger partial charge in [0, 0.05) is 4.47 Å². The molecular weight excluding hydrogens is 330 g/mol. The van der Waals surface area contributed by atoms with Gasteiger partial charge in [-0.15, -0.1) is 0 Å². The number of hydrogen-bond acceptors (Lipinski definition) is 3. The summed E-state index contributed by atoms with van der Waals surface area (Å²) in [6, 6.07) is 5.28. The lowest BCUT2D eigenvalue weighted by molar-refractivity contribution is 0.416. The topological polar surface area (TPSA) is 55.4 Å². The maximum atomic E-state index is 12.4. The third-order valence-electron chi connectivity index (χ3n) is 3.40. The fraction of sp³-hybridized carbons (Fsp3) is 0.538. The van der Waals surface area contributed by atoms with Gasteiger partial charge in [0.1, 0.15) is 5.75 Å². The summed E-state index contributed by atoms with van der Waals surface area (Å²) < 4.78 is 33.4. The molecule has 1 aromatic carbocycles. The Morgan fingerprint density at radius 3 is 2.58 bits per heavy atom. The molecule has 1 N–H and O–H groups in total. The van der Waals surface area contributed by atoms with Crippen molar-refractivity contribution in [2.75, 3.05) is 11.8 Å². The molecule has 0 unspecified atom stereocenters. The van der Waals surface area contributed by atoms with E-state index in [2.05, 4.69) is 20.7 Å². The summed E-state index contributed by atoms with van der Waals surface area (Å²) in [6.07, 6.45) is 4.59. The maximum absolute atomic E-state index is 12.4. The van der Waals surface area contributed by atoms with Crippen molar-refractivity contribution in [1.29, 1.82) is 0 Å². The highest BCUT2D eigenvalue weighted by molar-refractivity contribution is 9.10. The zero-order valence-corrected chi connectivity index (χ0v) is 13.3. The summed E-state index contributed by atoms with van der Waals surface area (Å²) in [5.74, 6) is 0.530. The van der Waals surface area contributed by atoms with Crippen LogP contribution in [-0.4, -0.2) is 20.8 Å². The zero-order chi connectivity index (χ0) is 13.9. The van der Waals surface area contributed by atoms with Crippen LogP contribution < -0.4 is 9.46 Å². The highest BCUT2D eigenvalue weighted by Crippen LogP contribution is 2.31. The lowest BCUT2D eigenvalue weighted by atomic mass is 10.0. The molecule has 0 saturated heterocycles. The van der Waals surface area contributed by atoms with Crippen LogP contribution in [0.4, 0.5) is 5.69 Å². The van der Waals surface area contributed by atoms with Crippen LogP contribution >= 0.6 is 15.9 Å². The minimum absolute atomic E-state index is 0.287. The molecule has 1 aliphatic carbocycles. The average Bonchev–Trinajstić information content (AvgIpc) is 2.39. The second-order valence-corrected chi connectivity index (χ2v) is 7.63. The number of methoxy groups -OCH3 is 1. The second kappa shape index (κ2) is 6.13.